The highest BCUT2D eigenvalue weighted by atomic mass is 32.1. The fourth-order valence-electron chi connectivity index (χ4n) is 2.89. The molecule has 0 aliphatic heterocycles. The van der Waals surface area contributed by atoms with Crippen molar-refractivity contribution in [1.29, 1.82) is 0 Å². The van der Waals surface area contributed by atoms with Crippen LogP contribution in [-0.2, 0) is 5.41 Å². The second kappa shape index (κ2) is 8.56. The van der Waals surface area contributed by atoms with E-state index in [4.69, 9.17) is 12.2 Å². The molecule has 6 nitrogen and oxygen atoms in total. The van der Waals surface area contributed by atoms with E-state index in [1.165, 1.54) is 6.07 Å². The Kier molecular flexibility index (Phi) is 6.61. The van der Waals surface area contributed by atoms with Gasteiger partial charge in [0, 0.05) is 35.9 Å². The number of nitrogens with zero attached hydrogens (tertiary/aromatic N) is 2. The van der Waals surface area contributed by atoms with Crippen molar-refractivity contribution >= 4 is 28.7 Å². The maximum atomic E-state index is 13.3. The highest BCUT2D eigenvalue weighted by molar-refractivity contribution is 7.80. The first-order chi connectivity index (χ1) is 13.1. The molecular formula is C21H26N3O3S+. The minimum Gasteiger partial charge on any atom is -0.374 e. The number of benzene rings is 1. The molecule has 0 aliphatic rings. The lowest BCUT2D eigenvalue weighted by Crippen LogP contribution is -2.51. The van der Waals surface area contributed by atoms with Crippen LogP contribution in [0.25, 0.3) is 0 Å². The number of nitro benzene ring substituents is 1. The number of nitrogens with one attached hydrogen (secondary N) is 1. The molecule has 0 spiro atoms. The monoisotopic (exact) mass is 400 g/mol. The van der Waals surface area contributed by atoms with Crippen LogP contribution in [0.15, 0.2) is 42.7 Å². The molecule has 0 bridgehead atoms. The van der Waals surface area contributed by atoms with Gasteiger partial charge in [-0.2, -0.15) is 4.57 Å². The van der Waals surface area contributed by atoms with Gasteiger partial charge in [0.25, 0.3) is 11.7 Å². The van der Waals surface area contributed by atoms with E-state index in [0.29, 0.717) is 17.1 Å². The zero-order valence-corrected chi connectivity index (χ0v) is 17.7. The van der Waals surface area contributed by atoms with Crippen molar-refractivity contribution in [3.8, 4) is 0 Å². The third-order valence-electron chi connectivity index (χ3n) is 4.55. The van der Waals surface area contributed by atoms with E-state index in [0.717, 1.165) is 5.56 Å². The standard InChI is InChI=1S/C21H25N3O3S/c1-6-22-20(28)18(23-11-9-16(10-12-23)21(3,4)5)19(25)15-8-7-14(2)17(13-15)24(26)27/h7-13,18H,6H2,1-5H3/p+1. The Hall–Kier alpha value is -2.67. The third kappa shape index (κ3) is 4.78. The summed E-state index contributed by atoms with van der Waals surface area (Å²) in [6, 6.07) is 7.68. The fraction of sp³-hybridized carbons (Fsp3) is 0.381. The van der Waals surface area contributed by atoms with Crippen molar-refractivity contribution in [1.82, 2.24) is 5.32 Å². The summed E-state index contributed by atoms with van der Waals surface area (Å²) >= 11 is 5.46. The van der Waals surface area contributed by atoms with Crippen molar-refractivity contribution in [2.45, 2.75) is 46.1 Å². The Morgan fingerprint density at radius 1 is 1.25 bits per heavy atom. The topological polar surface area (TPSA) is 76.1 Å². The van der Waals surface area contributed by atoms with Gasteiger partial charge in [-0.25, -0.2) is 0 Å². The number of ketones is 1. The fourth-order valence-corrected chi connectivity index (χ4v) is 3.26. The highest BCUT2D eigenvalue weighted by Gasteiger charge is 2.34. The lowest BCUT2D eigenvalue weighted by atomic mass is 9.88. The summed E-state index contributed by atoms with van der Waals surface area (Å²) in [6.07, 6.45) is 3.66. The number of Topliss-reactive ketones (excluding diaryl/α,β-unsaturated/α-hetero) is 1. The summed E-state index contributed by atoms with van der Waals surface area (Å²) in [7, 11) is 0. The maximum absolute atomic E-state index is 13.3. The van der Waals surface area contributed by atoms with Gasteiger partial charge in [-0.15, -0.1) is 0 Å². The number of rotatable bonds is 6. The van der Waals surface area contributed by atoms with Crippen LogP contribution in [0.1, 0.15) is 55.2 Å². The molecule has 2 aromatic rings. The van der Waals surface area contributed by atoms with Crippen LogP contribution in [0.4, 0.5) is 5.69 Å². The molecule has 0 fully saturated rings. The van der Waals surface area contributed by atoms with Gasteiger partial charge in [-0.3, -0.25) is 14.9 Å². The first-order valence-electron chi connectivity index (χ1n) is 9.14. The Morgan fingerprint density at radius 2 is 1.86 bits per heavy atom. The average Bonchev–Trinajstić information content (AvgIpc) is 2.62. The number of aryl methyl sites for hydroxylation is 1. The van der Waals surface area contributed by atoms with Gasteiger partial charge < -0.3 is 5.32 Å². The van der Waals surface area contributed by atoms with Crippen LogP contribution < -0.4 is 9.88 Å². The van der Waals surface area contributed by atoms with E-state index in [1.807, 2.05) is 31.5 Å². The van der Waals surface area contributed by atoms with Gasteiger partial charge in [0.2, 0.25) is 5.78 Å². The molecule has 148 valence electrons. The average molecular weight is 401 g/mol. The predicted octanol–water partition coefficient (Wildman–Crippen LogP) is 3.85. The number of hydrogen-bond acceptors (Lipinski definition) is 4. The zero-order valence-electron chi connectivity index (χ0n) is 16.9. The van der Waals surface area contributed by atoms with Crippen LogP contribution in [0.2, 0.25) is 0 Å². The quantitative estimate of drug-likeness (QED) is 0.262. The number of nitro groups is 1. The number of hydrogen-bond donors (Lipinski definition) is 1. The molecule has 1 aromatic carbocycles. The van der Waals surface area contributed by atoms with Crippen LogP contribution in [0.5, 0.6) is 0 Å². The minimum absolute atomic E-state index is 0.0155. The molecular weight excluding hydrogens is 374 g/mol. The Labute approximate surface area is 170 Å². The van der Waals surface area contributed by atoms with Gasteiger partial charge in [0.05, 0.1) is 4.92 Å². The van der Waals surface area contributed by atoms with E-state index in [1.54, 1.807) is 23.6 Å². The van der Waals surface area contributed by atoms with Crippen LogP contribution in [0, 0.1) is 17.0 Å². The first-order valence-corrected chi connectivity index (χ1v) is 9.55. The van der Waals surface area contributed by atoms with Crippen LogP contribution in [0.3, 0.4) is 0 Å². The smallest absolute Gasteiger partial charge is 0.273 e. The van der Waals surface area contributed by atoms with Gasteiger partial charge in [-0.05, 0) is 24.8 Å². The van der Waals surface area contributed by atoms with E-state index >= 15 is 0 Å². The van der Waals surface area contributed by atoms with Crippen molar-refractivity contribution in [2.24, 2.45) is 0 Å². The summed E-state index contributed by atoms with van der Waals surface area (Å²) in [5, 5.41) is 14.3. The second-order valence-corrected chi connectivity index (χ2v) is 8.14. The molecule has 1 aromatic heterocycles. The van der Waals surface area contributed by atoms with Crippen LogP contribution >= 0.6 is 12.2 Å². The number of carbonyl (C=O) groups is 1. The van der Waals surface area contributed by atoms with Gasteiger partial charge >= 0.3 is 0 Å². The van der Waals surface area contributed by atoms with Gasteiger partial charge in [0.1, 0.15) is 0 Å². The first kappa shape index (κ1) is 21.6. The molecule has 2 rings (SSSR count). The second-order valence-electron chi connectivity index (χ2n) is 7.70. The van der Waals surface area contributed by atoms with Crippen molar-refractivity contribution in [2.75, 3.05) is 6.54 Å². The van der Waals surface area contributed by atoms with E-state index < -0.39 is 11.0 Å². The van der Waals surface area contributed by atoms with E-state index in [9.17, 15) is 14.9 Å². The summed E-state index contributed by atoms with van der Waals surface area (Å²) in [5.41, 5.74) is 1.81. The molecule has 0 saturated heterocycles. The lowest BCUT2D eigenvalue weighted by Gasteiger charge is -2.19. The Bertz CT molecular complexity index is 902. The molecule has 28 heavy (non-hydrogen) atoms. The van der Waals surface area contributed by atoms with Crippen molar-refractivity contribution in [3.05, 3.63) is 69.5 Å². The van der Waals surface area contributed by atoms with E-state index in [-0.39, 0.29) is 22.4 Å². The third-order valence-corrected chi connectivity index (χ3v) is 4.92. The number of thiocarbonyl (C=S) groups is 1. The normalized spacial score (nSPS) is 12.3. The number of carbonyl (C=O) groups excluding carboxylic acids is 1. The molecule has 0 aliphatic carbocycles. The summed E-state index contributed by atoms with van der Waals surface area (Å²) in [4.78, 5) is 24.4. The molecule has 0 amide bonds. The predicted molar refractivity (Wildman–Crippen MR) is 113 cm³/mol. The molecule has 1 unspecified atom stereocenters. The zero-order chi connectivity index (χ0) is 21.1. The number of aromatic nitrogens is 1. The Balaban J connectivity index is 2.49. The summed E-state index contributed by atoms with van der Waals surface area (Å²) < 4.78 is 1.74. The van der Waals surface area contributed by atoms with Crippen LogP contribution in [-0.4, -0.2) is 22.2 Å². The highest BCUT2D eigenvalue weighted by Crippen LogP contribution is 2.23. The van der Waals surface area contributed by atoms with Crippen molar-refractivity contribution in [3.63, 3.8) is 0 Å². The number of likely N-dealkylation sites (N-methyl/N-ethyl adjacent to an activating group) is 1. The molecule has 0 saturated carbocycles. The summed E-state index contributed by atoms with van der Waals surface area (Å²) in [5.74, 6) is -0.289. The van der Waals surface area contributed by atoms with Gasteiger partial charge in [-0.1, -0.05) is 45.1 Å². The molecule has 1 heterocycles. The molecule has 7 heteroatoms. The minimum atomic E-state index is -0.772. The Morgan fingerprint density at radius 3 is 2.36 bits per heavy atom. The maximum Gasteiger partial charge on any atom is 0.273 e. The largest absolute Gasteiger partial charge is 0.374 e. The van der Waals surface area contributed by atoms with Gasteiger partial charge in [0.15, 0.2) is 17.4 Å². The lowest BCUT2D eigenvalue weighted by molar-refractivity contribution is -0.692. The SMILES string of the molecule is CCNC(=S)C(C(=O)c1ccc(C)c([N+](=O)[O-])c1)[n+]1ccc(C(C)(C)C)cc1. The summed E-state index contributed by atoms with van der Waals surface area (Å²) in [6.45, 7) is 10.5. The molecule has 0 radical (unpaired) electrons. The number of pyridine rings is 1. The van der Waals surface area contributed by atoms with Crippen molar-refractivity contribution < 1.29 is 14.3 Å². The molecule has 1 N–H and O–H groups in total. The molecule has 1 atom stereocenters. The van der Waals surface area contributed by atoms with E-state index in [2.05, 4.69) is 26.1 Å².